The van der Waals surface area contributed by atoms with Crippen LogP contribution < -0.4 is 0 Å². The van der Waals surface area contributed by atoms with Crippen molar-refractivity contribution in [2.75, 3.05) is 13.1 Å². The molecule has 0 saturated carbocycles. The van der Waals surface area contributed by atoms with Crippen LogP contribution in [0, 0.1) is 18.3 Å². The lowest BCUT2D eigenvalue weighted by atomic mass is 10.2. The highest BCUT2D eigenvalue weighted by Gasteiger charge is 2.23. The maximum absolute atomic E-state index is 8.94. The monoisotopic (exact) mass is 204 g/mol. The summed E-state index contributed by atoms with van der Waals surface area (Å²) in [5.41, 5.74) is 0. The van der Waals surface area contributed by atoms with Gasteiger partial charge in [-0.3, -0.25) is 4.90 Å². The summed E-state index contributed by atoms with van der Waals surface area (Å²) in [6, 6.07) is 2.49. The first-order chi connectivity index (χ1) is 7.31. The lowest BCUT2D eigenvalue weighted by molar-refractivity contribution is 0.281. The molecule has 1 aromatic heterocycles. The molecular formula is C11H16N4. The average molecular weight is 204 g/mol. The van der Waals surface area contributed by atoms with E-state index in [1.165, 1.54) is 0 Å². The van der Waals surface area contributed by atoms with Crippen LogP contribution in [-0.4, -0.2) is 33.6 Å². The first kappa shape index (κ1) is 10.2. The van der Waals surface area contributed by atoms with Crippen molar-refractivity contribution < 1.29 is 0 Å². The van der Waals surface area contributed by atoms with Crippen molar-refractivity contribution in [2.45, 2.75) is 32.4 Å². The second-order valence-corrected chi connectivity index (χ2v) is 3.99. The van der Waals surface area contributed by atoms with Gasteiger partial charge in [0.2, 0.25) is 0 Å². The number of imidazole rings is 1. The van der Waals surface area contributed by atoms with Crippen LogP contribution in [0.4, 0.5) is 0 Å². The fourth-order valence-corrected chi connectivity index (χ4v) is 2.12. The van der Waals surface area contributed by atoms with E-state index >= 15 is 0 Å². The van der Waals surface area contributed by atoms with Crippen LogP contribution in [0.1, 0.15) is 18.7 Å². The van der Waals surface area contributed by atoms with Gasteiger partial charge in [-0.1, -0.05) is 0 Å². The number of nitriles is 1. The Bertz CT molecular complexity index is 363. The van der Waals surface area contributed by atoms with E-state index in [1.54, 1.807) is 0 Å². The number of likely N-dealkylation sites (tertiary alicyclic amines) is 1. The van der Waals surface area contributed by atoms with Crippen molar-refractivity contribution in [3.8, 4) is 6.07 Å². The molecule has 15 heavy (non-hydrogen) atoms. The zero-order valence-electron chi connectivity index (χ0n) is 9.06. The highest BCUT2D eigenvalue weighted by atomic mass is 15.2. The summed E-state index contributed by atoms with van der Waals surface area (Å²) in [6.07, 6.45) is 5.99. The minimum absolute atomic E-state index is 0.133. The van der Waals surface area contributed by atoms with E-state index < -0.39 is 0 Å². The van der Waals surface area contributed by atoms with E-state index in [4.69, 9.17) is 5.26 Å². The van der Waals surface area contributed by atoms with Crippen molar-refractivity contribution in [3.05, 3.63) is 18.2 Å². The third-order valence-corrected chi connectivity index (χ3v) is 3.06. The fourth-order valence-electron chi connectivity index (χ4n) is 2.12. The van der Waals surface area contributed by atoms with Crippen molar-refractivity contribution in [1.29, 1.82) is 5.26 Å². The summed E-state index contributed by atoms with van der Waals surface area (Å²) in [5, 5.41) is 8.94. The van der Waals surface area contributed by atoms with Crippen LogP contribution in [0.15, 0.2) is 12.4 Å². The molecule has 0 N–H and O–H groups in total. The molecule has 1 aliphatic rings. The number of aromatic nitrogens is 2. The molecule has 80 valence electrons. The lowest BCUT2D eigenvalue weighted by Gasteiger charge is -2.19. The van der Waals surface area contributed by atoms with Crippen LogP contribution in [0.25, 0.3) is 0 Å². The molecule has 1 fully saturated rings. The SMILES string of the molecule is Cc1nccn1CCN1CCCC1C#N. The highest BCUT2D eigenvalue weighted by Crippen LogP contribution is 2.15. The van der Waals surface area contributed by atoms with Crippen LogP contribution in [0.3, 0.4) is 0 Å². The Hall–Kier alpha value is -1.34. The van der Waals surface area contributed by atoms with Crippen LogP contribution in [0.5, 0.6) is 0 Å². The first-order valence-electron chi connectivity index (χ1n) is 5.42. The Balaban J connectivity index is 1.89. The molecule has 0 amide bonds. The van der Waals surface area contributed by atoms with Gasteiger partial charge in [0.25, 0.3) is 0 Å². The van der Waals surface area contributed by atoms with Gasteiger partial charge >= 0.3 is 0 Å². The molecule has 4 heteroatoms. The van der Waals surface area contributed by atoms with Crippen molar-refractivity contribution in [1.82, 2.24) is 14.5 Å². The Labute approximate surface area is 90.1 Å². The lowest BCUT2D eigenvalue weighted by Crippen LogP contribution is -2.31. The normalized spacial score (nSPS) is 21.7. The van der Waals surface area contributed by atoms with E-state index in [9.17, 15) is 0 Å². The second-order valence-electron chi connectivity index (χ2n) is 3.99. The van der Waals surface area contributed by atoms with Gasteiger partial charge in [-0.2, -0.15) is 5.26 Å². The van der Waals surface area contributed by atoms with E-state index in [2.05, 4.69) is 20.5 Å². The Morgan fingerprint density at radius 3 is 3.13 bits per heavy atom. The van der Waals surface area contributed by atoms with Gasteiger partial charge in [-0.15, -0.1) is 0 Å². The summed E-state index contributed by atoms with van der Waals surface area (Å²) in [5.74, 6) is 1.04. The number of nitrogens with zero attached hydrogens (tertiary/aromatic N) is 4. The van der Waals surface area contributed by atoms with Gasteiger partial charge in [0, 0.05) is 25.5 Å². The molecule has 0 aromatic carbocycles. The zero-order chi connectivity index (χ0) is 10.7. The molecule has 0 bridgehead atoms. The smallest absolute Gasteiger partial charge is 0.105 e. The quantitative estimate of drug-likeness (QED) is 0.742. The maximum Gasteiger partial charge on any atom is 0.105 e. The van der Waals surface area contributed by atoms with E-state index in [0.29, 0.717) is 0 Å². The minimum atomic E-state index is 0.133. The molecule has 2 heterocycles. The van der Waals surface area contributed by atoms with Crippen LogP contribution >= 0.6 is 0 Å². The molecule has 1 atom stereocenters. The number of hydrogen-bond donors (Lipinski definition) is 0. The predicted octanol–water partition coefficient (Wildman–Crippen LogP) is 1.18. The van der Waals surface area contributed by atoms with Gasteiger partial charge in [0.1, 0.15) is 5.82 Å². The van der Waals surface area contributed by atoms with E-state index in [0.717, 1.165) is 38.3 Å². The summed E-state index contributed by atoms with van der Waals surface area (Å²) in [7, 11) is 0. The molecule has 0 spiro atoms. The average Bonchev–Trinajstić information content (AvgIpc) is 2.83. The molecule has 1 aromatic rings. The molecule has 2 rings (SSSR count). The zero-order valence-corrected chi connectivity index (χ0v) is 9.06. The van der Waals surface area contributed by atoms with Crippen LogP contribution in [0.2, 0.25) is 0 Å². The topological polar surface area (TPSA) is 44.9 Å². The van der Waals surface area contributed by atoms with Crippen molar-refractivity contribution in [2.24, 2.45) is 0 Å². The van der Waals surface area contributed by atoms with E-state index in [1.807, 2.05) is 19.3 Å². The predicted molar refractivity (Wildman–Crippen MR) is 57.2 cm³/mol. The molecule has 1 saturated heterocycles. The van der Waals surface area contributed by atoms with Gasteiger partial charge < -0.3 is 4.57 Å². The standard InChI is InChI=1S/C11H16N4/c1-10-13-4-6-14(10)7-8-15-5-2-3-11(15)9-12/h4,6,11H,2-3,5,7-8H2,1H3. The Kier molecular flexibility index (Phi) is 3.02. The van der Waals surface area contributed by atoms with Crippen molar-refractivity contribution in [3.63, 3.8) is 0 Å². The molecule has 0 aliphatic carbocycles. The van der Waals surface area contributed by atoms with Gasteiger partial charge in [-0.05, 0) is 26.3 Å². The van der Waals surface area contributed by atoms with Crippen LogP contribution in [-0.2, 0) is 6.54 Å². The molecule has 4 nitrogen and oxygen atoms in total. The molecule has 1 unspecified atom stereocenters. The summed E-state index contributed by atoms with van der Waals surface area (Å²) in [4.78, 5) is 6.44. The largest absolute Gasteiger partial charge is 0.334 e. The van der Waals surface area contributed by atoms with Gasteiger partial charge in [0.15, 0.2) is 0 Å². The first-order valence-corrected chi connectivity index (χ1v) is 5.42. The summed E-state index contributed by atoms with van der Waals surface area (Å²) >= 11 is 0. The number of hydrogen-bond acceptors (Lipinski definition) is 3. The summed E-state index contributed by atoms with van der Waals surface area (Å²) < 4.78 is 2.13. The molecule has 1 aliphatic heterocycles. The third-order valence-electron chi connectivity index (χ3n) is 3.06. The van der Waals surface area contributed by atoms with Gasteiger partial charge in [-0.25, -0.2) is 4.98 Å². The Morgan fingerprint density at radius 2 is 2.47 bits per heavy atom. The molecular weight excluding hydrogens is 188 g/mol. The number of aryl methyl sites for hydroxylation is 1. The van der Waals surface area contributed by atoms with Crippen molar-refractivity contribution >= 4 is 0 Å². The molecule has 0 radical (unpaired) electrons. The maximum atomic E-state index is 8.94. The highest BCUT2D eigenvalue weighted by molar-refractivity contribution is 4.96. The van der Waals surface area contributed by atoms with E-state index in [-0.39, 0.29) is 6.04 Å². The fraction of sp³-hybridized carbons (Fsp3) is 0.636. The summed E-state index contributed by atoms with van der Waals surface area (Å²) in [6.45, 7) is 4.96. The third kappa shape index (κ3) is 2.18. The Morgan fingerprint density at radius 1 is 1.60 bits per heavy atom. The van der Waals surface area contributed by atoms with Gasteiger partial charge in [0.05, 0.1) is 12.1 Å². The number of rotatable bonds is 3. The minimum Gasteiger partial charge on any atom is -0.334 e. The second kappa shape index (κ2) is 4.45.